The fourth-order valence-electron chi connectivity index (χ4n) is 2.91. The molecule has 3 aromatic carbocycles. The molecule has 0 unspecified atom stereocenters. The number of rotatable bonds is 5. The lowest BCUT2D eigenvalue weighted by Gasteiger charge is -2.17. The Labute approximate surface area is 186 Å². The van der Waals surface area contributed by atoms with E-state index in [0.717, 1.165) is 17.0 Å². The van der Waals surface area contributed by atoms with Crippen LogP contribution in [0.4, 0.5) is 25.8 Å². The Morgan fingerprint density at radius 1 is 0.938 bits per heavy atom. The molecule has 1 aliphatic heterocycles. The van der Waals surface area contributed by atoms with Crippen molar-refractivity contribution in [3.05, 3.63) is 77.9 Å². The minimum atomic E-state index is -4.13. The number of sulfonamides is 1. The molecular weight excluding hydrogens is 460 g/mol. The van der Waals surface area contributed by atoms with Crippen molar-refractivity contribution in [1.29, 1.82) is 0 Å². The highest BCUT2D eigenvalue weighted by atomic mass is 32.2. The molecule has 164 valence electrons. The third-order valence-electron chi connectivity index (χ3n) is 4.47. The number of carbonyl (C=O) groups excluding carboxylic acids is 2. The summed E-state index contributed by atoms with van der Waals surface area (Å²) in [5.74, 6) is -2.64. The first-order valence-corrected chi connectivity index (χ1v) is 11.6. The van der Waals surface area contributed by atoms with Crippen LogP contribution in [0.3, 0.4) is 0 Å². The minimum Gasteiger partial charge on any atom is -0.324 e. The third kappa shape index (κ3) is 4.73. The van der Waals surface area contributed by atoms with Gasteiger partial charge in [0.25, 0.3) is 15.9 Å². The minimum absolute atomic E-state index is 0.138. The summed E-state index contributed by atoms with van der Waals surface area (Å²) >= 11 is 1.39. The molecule has 1 aliphatic rings. The van der Waals surface area contributed by atoms with Crippen LogP contribution in [0, 0.1) is 11.6 Å². The predicted molar refractivity (Wildman–Crippen MR) is 117 cm³/mol. The lowest BCUT2D eigenvalue weighted by Crippen LogP contribution is -2.20. The van der Waals surface area contributed by atoms with Gasteiger partial charge in [-0.25, -0.2) is 17.2 Å². The topological polar surface area (TPSA) is 104 Å². The van der Waals surface area contributed by atoms with Gasteiger partial charge in [0.15, 0.2) is 11.6 Å². The quantitative estimate of drug-likeness (QED) is 0.516. The van der Waals surface area contributed by atoms with E-state index in [4.69, 9.17) is 0 Å². The molecule has 32 heavy (non-hydrogen) atoms. The van der Waals surface area contributed by atoms with Crippen molar-refractivity contribution in [3.8, 4) is 0 Å². The van der Waals surface area contributed by atoms with E-state index in [2.05, 4.69) is 15.4 Å². The second kappa shape index (κ2) is 8.60. The highest BCUT2D eigenvalue weighted by Crippen LogP contribution is 2.32. The van der Waals surface area contributed by atoms with Gasteiger partial charge < -0.3 is 10.6 Å². The fraction of sp³-hybridized carbons (Fsp3) is 0.0476. The molecule has 3 aromatic rings. The van der Waals surface area contributed by atoms with Gasteiger partial charge in [-0.05, 0) is 60.7 Å². The molecule has 0 radical (unpaired) electrons. The van der Waals surface area contributed by atoms with E-state index in [1.807, 2.05) is 0 Å². The summed E-state index contributed by atoms with van der Waals surface area (Å²) in [6.07, 6.45) is 0. The molecule has 0 fully saturated rings. The molecule has 11 heteroatoms. The SMILES string of the molecule is O=C1CSc2ccc(C(=O)Nc3ccc(NS(=O)(=O)c4ccc(F)c(F)c4)cc3)cc2N1. The van der Waals surface area contributed by atoms with Crippen LogP contribution in [-0.2, 0) is 14.8 Å². The van der Waals surface area contributed by atoms with Gasteiger partial charge >= 0.3 is 0 Å². The molecule has 4 rings (SSSR count). The Balaban J connectivity index is 1.45. The van der Waals surface area contributed by atoms with Crippen molar-refractivity contribution in [1.82, 2.24) is 0 Å². The van der Waals surface area contributed by atoms with Crippen molar-refractivity contribution in [2.45, 2.75) is 9.79 Å². The lowest BCUT2D eigenvalue weighted by atomic mass is 10.1. The van der Waals surface area contributed by atoms with E-state index in [1.165, 1.54) is 36.0 Å². The summed E-state index contributed by atoms with van der Waals surface area (Å²) in [6, 6.07) is 13.0. The maximum Gasteiger partial charge on any atom is 0.261 e. The second-order valence-electron chi connectivity index (χ2n) is 6.76. The zero-order chi connectivity index (χ0) is 22.9. The Bertz CT molecular complexity index is 1330. The van der Waals surface area contributed by atoms with Gasteiger partial charge in [-0.3, -0.25) is 14.3 Å². The number of fused-ring (bicyclic) bond motifs is 1. The summed E-state index contributed by atoms with van der Waals surface area (Å²) < 4.78 is 53.4. The van der Waals surface area contributed by atoms with Crippen molar-refractivity contribution in [3.63, 3.8) is 0 Å². The molecular formula is C21H15F2N3O4S2. The Morgan fingerprint density at radius 3 is 2.38 bits per heavy atom. The van der Waals surface area contributed by atoms with E-state index in [1.54, 1.807) is 18.2 Å². The van der Waals surface area contributed by atoms with Crippen LogP contribution in [0.2, 0.25) is 0 Å². The zero-order valence-corrected chi connectivity index (χ0v) is 17.8. The van der Waals surface area contributed by atoms with Crippen molar-refractivity contribution >= 4 is 50.7 Å². The molecule has 0 spiro atoms. The Hall–Kier alpha value is -3.44. The molecule has 0 bridgehead atoms. The van der Waals surface area contributed by atoms with Crippen molar-refractivity contribution in [2.24, 2.45) is 0 Å². The summed E-state index contributed by atoms with van der Waals surface area (Å²) in [4.78, 5) is 24.5. The van der Waals surface area contributed by atoms with Gasteiger partial charge in [-0.2, -0.15) is 0 Å². The number of hydrogen-bond donors (Lipinski definition) is 3. The standard InChI is InChI=1S/C21H15F2N3O4S2/c22-16-7-6-15(10-17(16)23)32(29,30)26-14-4-2-13(3-5-14)24-21(28)12-1-8-19-18(9-12)25-20(27)11-31-19/h1-10,26H,11H2,(H,24,28)(H,25,27). The molecule has 3 N–H and O–H groups in total. The van der Waals surface area contributed by atoms with Crippen molar-refractivity contribution in [2.75, 3.05) is 21.1 Å². The summed E-state index contributed by atoms with van der Waals surface area (Å²) in [6.45, 7) is 0. The number of nitrogens with one attached hydrogen (secondary N) is 3. The number of carbonyl (C=O) groups is 2. The van der Waals surface area contributed by atoms with Crippen LogP contribution in [0.25, 0.3) is 0 Å². The highest BCUT2D eigenvalue weighted by molar-refractivity contribution is 8.00. The average molecular weight is 475 g/mol. The summed E-state index contributed by atoms with van der Waals surface area (Å²) in [5, 5.41) is 5.40. The predicted octanol–water partition coefficient (Wildman–Crippen LogP) is 4.06. The first-order chi connectivity index (χ1) is 15.2. The molecule has 0 saturated heterocycles. The van der Waals surface area contributed by atoms with Gasteiger partial charge in [0.05, 0.1) is 16.3 Å². The number of halogens is 2. The van der Waals surface area contributed by atoms with E-state index >= 15 is 0 Å². The number of anilines is 3. The van der Waals surface area contributed by atoms with Crippen LogP contribution in [-0.4, -0.2) is 26.0 Å². The van der Waals surface area contributed by atoms with E-state index < -0.39 is 32.5 Å². The normalized spacial score (nSPS) is 13.1. The summed E-state index contributed by atoms with van der Waals surface area (Å²) in [7, 11) is -4.13. The number of thioether (sulfide) groups is 1. The monoisotopic (exact) mass is 475 g/mol. The maximum atomic E-state index is 13.3. The van der Waals surface area contributed by atoms with Gasteiger partial charge in [-0.1, -0.05) is 0 Å². The lowest BCUT2D eigenvalue weighted by molar-refractivity contribution is -0.113. The number of benzene rings is 3. The first-order valence-electron chi connectivity index (χ1n) is 9.17. The average Bonchev–Trinajstić information content (AvgIpc) is 2.76. The zero-order valence-electron chi connectivity index (χ0n) is 16.2. The molecule has 0 saturated carbocycles. The molecule has 7 nitrogen and oxygen atoms in total. The van der Waals surface area contributed by atoms with Gasteiger partial charge in [0.2, 0.25) is 5.91 Å². The molecule has 1 heterocycles. The largest absolute Gasteiger partial charge is 0.324 e. The van der Waals surface area contributed by atoms with E-state index in [0.29, 0.717) is 28.8 Å². The number of hydrogen-bond acceptors (Lipinski definition) is 5. The first kappa shape index (κ1) is 21.8. The molecule has 0 atom stereocenters. The molecule has 2 amide bonds. The van der Waals surface area contributed by atoms with Gasteiger partial charge in [0.1, 0.15) is 0 Å². The van der Waals surface area contributed by atoms with Gasteiger partial charge in [-0.15, -0.1) is 11.8 Å². The van der Waals surface area contributed by atoms with Crippen LogP contribution < -0.4 is 15.4 Å². The molecule has 0 aliphatic carbocycles. The van der Waals surface area contributed by atoms with Crippen molar-refractivity contribution < 1.29 is 26.8 Å². The van der Waals surface area contributed by atoms with Crippen LogP contribution in [0.15, 0.2) is 70.5 Å². The van der Waals surface area contributed by atoms with Crippen LogP contribution in [0.1, 0.15) is 10.4 Å². The highest BCUT2D eigenvalue weighted by Gasteiger charge is 2.18. The Kier molecular flexibility index (Phi) is 5.85. The van der Waals surface area contributed by atoms with Gasteiger partial charge in [0, 0.05) is 21.8 Å². The maximum absolute atomic E-state index is 13.3. The second-order valence-corrected chi connectivity index (χ2v) is 9.46. The van der Waals surface area contributed by atoms with Crippen LogP contribution >= 0.6 is 11.8 Å². The fourth-order valence-corrected chi connectivity index (χ4v) is 4.77. The summed E-state index contributed by atoms with van der Waals surface area (Å²) in [5.41, 5.74) is 1.48. The van der Waals surface area contributed by atoms with E-state index in [9.17, 15) is 26.8 Å². The molecule has 0 aromatic heterocycles. The Morgan fingerprint density at radius 2 is 1.66 bits per heavy atom. The van der Waals surface area contributed by atoms with Crippen LogP contribution in [0.5, 0.6) is 0 Å². The third-order valence-corrected chi connectivity index (χ3v) is 6.92. The smallest absolute Gasteiger partial charge is 0.261 e. The van der Waals surface area contributed by atoms with E-state index in [-0.39, 0.29) is 11.6 Å². The number of amides is 2.